The van der Waals surface area contributed by atoms with Crippen molar-refractivity contribution in [1.82, 2.24) is 4.90 Å². The van der Waals surface area contributed by atoms with Crippen LogP contribution in [0.1, 0.15) is 26.2 Å². The second kappa shape index (κ2) is 5.11. The van der Waals surface area contributed by atoms with Gasteiger partial charge in [-0.1, -0.05) is 0 Å². The van der Waals surface area contributed by atoms with E-state index >= 15 is 0 Å². The van der Waals surface area contributed by atoms with E-state index in [-0.39, 0.29) is 23.8 Å². The van der Waals surface area contributed by atoms with E-state index in [4.69, 9.17) is 11.5 Å². The molecule has 0 aromatic heterocycles. The highest BCUT2D eigenvalue weighted by Gasteiger charge is 2.25. The lowest BCUT2D eigenvalue weighted by Gasteiger charge is -2.31. The van der Waals surface area contributed by atoms with Crippen LogP contribution in [0, 0.1) is 5.92 Å². The summed E-state index contributed by atoms with van der Waals surface area (Å²) in [6.07, 6.45) is 1.74. The van der Waals surface area contributed by atoms with Crippen molar-refractivity contribution in [2.24, 2.45) is 17.4 Å². The Morgan fingerprint density at radius 1 is 1.40 bits per heavy atom. The first-order valence-electron chi connectivity index (χ1n) is 5.33. The zero-order chi connectivity index (χ0) is 11.4. The maximum absolute atomic E-state index is 11.6. The van der Waals surface area contributed by atoms with Crippen LogP contribution >= 0.6 is 0 Å². The SMILES string of the molecule is CC(N)CC(=O)N1CCC(C(N)=O)CC1. The summed E-state index contributed by atoms with van der Waals surface area (Å²) < 4.78 is 0. The molecule has 1 rings (SSSR count). The van der Waals surface area contributed by atoms with Crippen LogP contribution in [-0.2, 0) is 9.59 Å². The molecule has 0 aromatic rings. The van der Waals surface area contributed by atoms with Crippen molar-refractivity contribution in [3.05, 3.63) is 0 Å². The van der Waals surface area contributed by atoms with E-state index in [0.717, 1.165) is 0 Å². The molecule has 5 nitrogen and oxygen atoms in total. The maximum Gasteiger partial charge on any atom is 0.224 e. The number of carbonyl (C=O) groups is 2. The molecule has 1 aliphatic rings. The third-order valence-corrected chi connectivity index (χ3v) is 2.75. The molecule has 86 valence electrons. The van der Waals surface area contributed by atoms with E-state index in [0.29, 0.717) is 32.4 Å². The van der Waals surface area contributed by atoms with Crippen LogP contribution in [0.4, 0.5) is 0 Å². The minimum Gasteiger partial charge on any atom is -0.369 e. The number of carbonyl (C=O) groups excluding carboxylic acids is 2. The third-order valence-electron chi connectivity index (χ3n) is 2.75. The largest absolute Gasteiger partial charge is 0.369 e. The summed E-state index contributed by atoms with van der Waals surface area (Å²) in [6, 6.07) is -0.105. The van der Waals surface area contributed by atoms with Gasteiger partial charge in [0.05, 0.1) is 0 Å². The molecule has 0 aromatic carbocycles. The van der Waals surface area contributed by atoms with Gasteiger partial charge in [-0.25, -0.2) is 0 Å². The van der Waals surface area contributed by atoms with Crippen molar-refractivity contribution in [1.29, 1.82) is 0 Å². The molecule has 1 saturated heterocycles. The summed E-state index contributed by atoms with van der Waals surface area (Å²) in [4.78, 5) is 24.3. The van der Waals surface area contributed by atoms with Gasteiger partial charge in [0.1, 0.15) is 0 Å². The van der Waals surface area contributed by atoms with Crippen molar-refractivity contribution in [3.8, 4) is 0 Å². The van der Waals surface area contributed by atoms with Crippen molar-refractivity contribution < 1.29 is 9.59 Å². The smallest absolute Gasteiger partial charge is 0.224 e. The molecule has 0 spiro atoms. The average Bonchev–Trinajstić information content (AvgIpc) is 2.17. The van der Waals surface area contributed by atoms with Crippen molar-refractivity contribution in [2.45, 2.75) is 32.2 Å². The van der Waals surface area contributed by atoms with Gasteiger partial charge in [0.25, 0.3) is 0 Å². The average molecular weight is 213 g/mol. The molecule has 0 bridgehead atoms. The second-order valence-corrected chi connectivity index (χ2v) is 4.24. The lowest BCUT2D eigenvalue weighted by molar-refractivity contribution is -0.135. The molecule has 0 saturated carbocycles. The van der Waals surface area contributed by atoms with Crippen LogP contribution in [0.15, 0.2) is 0 Å². The van der Waals surface area contributed by atoms with Gasteiger partial charge in [0.2, 0.25) is 11.8 Å². The Kier molecular flexibility index (Phi) is 4.08. The first-order valence-corrected chi connectivity index (χ1v) is 5.33. The monoisotopic (exact) mass is 213 g/mol. The summed E-state index contributed by atoms with van der Waals surface area (Å²) >= 11 is 0. The van der Waals surface area contributed by atoms with Gasteiger partial charge in [-0.05, 0) is 19.8 Å². The van der Waals surface area contributed by atoms with Crippen LogP contribution in [0.2, 0.25) is 0 Å². The van der Waals surface area contributed by atoms with E-state index < -0.39 is 0 Å². The Labute approximate surface area is 89.8 Å². The molecule has 0 radical (unpaired) electrons. The van der Waals surface area contributed by atoms with Gasteiger partial charge in [0, 0.05) is 31.5 Å². The van der Waals surface area contributed by atoms with E-state index in [9.17, 15) is 9.59 Å². The Morgan fingerprint density at radius 3 is 2.33 bits per heavy atom. The summed E-state index contributed by atoms with van der Waals surface area (Å²) in [6.45, 7) is 3.06. The van der Waals surface area contributed by atoms with Gasteiger partial charge < -0.3 is 16.4 Å². The molecular formula is C10H19N3O2. The third kappa shape index (κ3) is 3.51. The normalized spacial score (nSPS) is 20.0. The number of piperidine rings is 1. The fraction of sp³-hybridized carbons (Fsp3) is 0.800. The number of nitrogens with zero attached hydrogens (tertiary/aromatic N) is 1. The molecule has 4 N–H and O–H groups in total. The quantitative estimate of drug-likeness (QED) is 0.659. The Balaban J connectivity index is 2.37. The topological polar surface area (TPSA) is 89.4 Å². The molecule has 5 heteroatoms. The lowest BCUT2D eigenvalue weighted by Crippen LogP contribution is -2.43. The van der Waals surface area contributed by atoms with Crippen molar-refractivity contribution in [2.75, 3.05) is 13.1 Å². The molecule has 2 amide bonds. The number of primary amides is 1. The zero-order valence-corrected chi connectivity index (χ0v) is 9.11. The van der Waals surface area contributed by atoms with Crippen molar-refractivity contribution >= 4 is 11.8 Å². The summed E-state index contributed by atoms with van der Waals surface area (Å²) in [5, 5.41) is 0. The number of rotatable bonds is 3. The van der Waals surface area contributed by atoms with Crippen LogP contribution in [0.25, 0.3) is 0 Å². The number of nitrogens with two attached hydrogens (primary N) is 2. The minimum atomic E-state index is -0.255. The highest BCUT2D eigenvalue weighted by atomic mass is 16.2. The first-order chi connectivity index (χ1) is 7.00. The minimum absolute atomic E-state index is 0.0654. The fourth-order valence-corrected chi connectivity index (χ4v) is 1.82. The van der Waals surface area contributed by atoms with Crippen LogP contribution in [0.5, 0.6) is 0 Å². The van der Waals surface area contributed by atoms with E-state index in [1.807, 2.05) is 6.92 Å². The zero-order valence-electron chi connectivity index (χ0n) is 9.11. The second-order valence-electron chi connectivity index (χ2n) is 4.24. The number of hydrogen-bond acceptors (Lipinski definition) is 3. The van der Waals surface area contributed by atoms with E-state index in [1.54, 1.807) is 4.90 Å². The molecule has 15 heavy (non-hydrogen) atoms. The Morgan fingerprint density at radius 2 is 1.93 bits per heavy atom. The van der Waals surface area contributed by atoms with E-state index in [2.05, 4.69) is 0 Å². The predicted molar refractivity (Wildman–Crippen MR) is 56.8 cm³/mol. The molecule has 1 aliphatic heterocycles. The van der Waals surface area contributed by atoms with Gasteiger partial charge in [0.15, 0.2) is 0 Å². The van der Waals surface area contributed by atoms with Gasteiger partial charge in [-0.2, -0.15) is 0 Å². The molecule has 1 atom stereocenters. The summed E-state index contributed by atoms with van der Waals surface area (Å²) in [5.41, 5.74) is 10.8. The molecule has 1 fully saturated rings. The van der Waals surface area contributed by atoms with Gasteiger partial charge in [-0.3, -0.25) is 9.59 Å². The maximum atomic E-state index is 11.6. The molecule has 0 aliphatic carbocycles. The molecule has 1 heterocycles. The molecule has 1 unspecified atom stereocenters. The predicted octanol–water partition coefficient (Wildman–Crippen LogP) is -0.552. The van der Waals surface area contributed by atoms with Crippen molar-refractivity contribution in [3.63, 3.8) is 0 Å². The Hall–Kier alpha value is -1.10. The van der Waals surface area contributed by atoms with Crippen LogP contribution in [0.3, 0.4) is 0 Å². The fourth-order valence-electron chi connectivity index (χ4n) is 1.82. The standard InChI is InChI=1S/C10H19N3O2/c1-7(11)6-9(14)13-4-2-8(3-5-13)10(12)15/h7-8H,2-6,11H2,1H3,(H2,12,15). The van der Waals surface area contributed by atoms with Crippen LogP contribution in [-0.4, -0.2) is 35.8 Å². The highest BCUT2D eigenvalue weighted by Crippen LogP contribution is 2.17. The summed E-state index contributed by atoms with van der Waals surface area (Å²) in [5.74, 6) is -0.244. The first kappa shape index (κ1) is 12.0. The highest BCUT2D eigenvalue weighted by molar-refractivity contribution is 5.79. The number of hydrogen-bond donors (Lipinski definition) is 2. The number of likely N-dealkylation sites (tertiary alicyclic amines) is 1. The van der Waals surface area contributed by atoms with Gasteiger partial charge >= 0.3 is 0 Å². The van der Waals surface area contributed by atoms with E-state index in [1.165, 1.54) is 0 Å². The molecular weight excluding hydrogens is 194 g/mol. The summed E-state index contributed by atoms with van der Waals surface area (Å²) in [7, 11) is 0. The lowest BCUT2D eigenvalue weighted by atomic mass is 9.96. The Bertz CT molecular complexity index is 245. The number of amides is 2. The van der Waals surface area contributed by atoms with Crippen LogP contribution < -0.4 is 11.5 Å². The van der Waals surface area contributed by atoms with Gasteiger partial charge in [-0.15, -0.1) is 0 Å².